The molecular weight excluding hydrogens is 276 g/mol. The van der Waals surface area contributed by atoms with Crippen molar-refractivity contribution in [1.29, 1.82) is 0 Å². The van der Waals surface area contributed by atoms with E-state index < -0.39 is 0 Å². The normalized spacial score (nSPS) is 29.8. The Morgan fingerprint density at radius 2 is 2.05 bits per heavy atom. The molecule has 3 unspecified atom stereocenters. The first-order valence-corrected chi connectivity index (χ1v) is 7.87. The fraction of sp³-hybridized carbons (Fsp3) is 0.933. The Labute approximate surface area is 128 Å². The lowest BCUT2D eigenvalue weighted by Gasteiger charge is -2.28. The average molecular weight is 305 g/mol. The van der Waals surface area contributed by atoms with Crippen LogP contribution in [0.25, 0.3) is 0 Å². The van der Waals surface area contributed by atoms with Crippen LogP contribution < -0.4 is 10.6 Å². The van der Waals surface area contributed by atoms with Crippen LogP contribution in [0.15, 0.2) is 0 Å². The minimum atomic E-state index is 0. The van der Waals surface area contributed by atoms with Crippen LogP contribution in [0.5, 0.6) is 0 Å². The Morgan fingerprint density at radius 3 is 2.75 bits per heavy atom. The van der Waals surface area contributed by atoms with Gasteiger partial charge in [-0.25, -0.2) is 0 Å². The predicted molar refractivity (Wildman–Crippen MR) is 83.3 cm³/mol. The topological polar surface area (TPSA) is 50.4 Å². The molecule has 2 rings (SSSR count). The summed E-state index contributed by atoms with van der Waals surface area (Å²) in [5, 5.41) is 6.30. The standard InChI is InChI=1S/C15H28N2O2.ClH/c1-12-5-2-3-7-14(12)19-10-9-17-15(18)11-13-6-4-8-16-13;/h12-14,16H,2-11H2,1H3,(H,17,18);1H. The molecule has 0 aromatic rings. The third-order valence-electron chi connectivity index (χ3n) is 4.38. The first-order valence-electron chi connectivity index (χ1n) is 7.87. The van der Waals surface area contributed by atoms with Gasteiger partial charge in [-0.05, 0) is 38.1 Å². The first kappa shape index (κ1) is 17.7. The Kier molecular flexibility index (Phi) is 8.50. The second-order valence-electron chi connectivity index (χ2n) is 6.02. The van der Waals surface area contributed by atoms with Crippen molar-refractivity contribution in [1.82, 2.24) is 10.6 Å². The van der Waals surface area contributed by atoms with Gasteiger partial charge in [0.2, 0.25) is 5.91 Å². The Hall–Kier alpha value is -0.320. The van der Waals surface area contributed by atoms with Gasteiger partial charge in [0.15, 0.2) is 0 Å². The maximum absolute atomic E-state index is 11.7. The molecule has 1 aliphatic carbocycles. The van der Waals surface area contributed by atoms with Crippen molar-refractivity contribution in [3.63, 3.8) is 0 Å². The average Bonchev–Trinajstić information content (AvgIpc) is 2.89. The molecule has 118 valence electrons. The summed E-state index contributed by atoms with van der Waals surface area (Å²) in [5.41, 5.74) is 0. The lowest BCUT2D eigenvalue weighted by molar-refractivity contribution is -0.122. The molecule has 0 radical (unpaired) electrons. The van der Waals surface area contributed by atoms with E-state index in [1.165, 1.54) is 32.1 Å². The molecule has 1 saturated carbocycles. The van der Waals surface area contributed by atoms with Gasteiger partial charge in [0.05, 0.1) is 12.7 Å². The molecule has 1 heterocycles. The molecule has 0 aromatic carbocycles. The highest BCUT2D eigenvalue weighted by Gasteiger charge is 2.21. The highest BCUT2D eigenvalue weighted by Crippen LogP contribution is 2.25. The van der Waals surface area contributed by atoms with Crippen LogP contribution in [0.2, 0.25) is 0 Å². The molecule has 1 saturated heterocycles. The summed E-state index contributed by atoms with van der Waals surface area (Å²) in [7, 11) is 0. The SMILES string of the molecule is CC1CCCCC1OCCNC(=O)CC1CCCN1.Cl. The van der Waals surface area contributed by atoms with E-state index in [1.807, 2.05) is 0 Å². The van der Waals surface area contributed by atoms with E-state index in [4.69, 9.17) is 4.74 Å². The van der Waals surface area contributed by atoms with Gasteiger partial charge < -0.3 is 15.4 Å². The highest BCUT2D eigenvalue weighted by molar-refractivity contribution is 5.85. The van der Waals surface area contributed by atoms with E-state index in [0.29, 0.717) is 37.6 Å². The molecule has 4 nitrogen and oxygen atoms in total. The van der Waals surface area contributed by atoms with Gasteiger partial charge in [0, 0.05) is 19.0 Å². The quantitative estimate of drug-likeness (QED) is 0.740. The minimum Gasteiger partial charge on any atom is -0.376 e. The zero-order valence-electron chi connectivity index (χ0n) is 12.5. The largest absolute Gasteiger partial charge is 0.376 e. The summed E-state index contributed by atoms with van der Waals surface area (Å²) in [6, 6.07) is 0.388. The molecule has 0 aromatic heterocycles. The summed E-state index contributed by atoms with van der Waals surface area (Å²) < 4.78 is 5.89. The first-order chi connectivity index (χ1) is 9.25. The van der Waals surface area contributed by atoms with Crippen molar-refractivity contribution in [2.24, 2.45) is 5.92 Å². The molecule has 3 atom stereocenters. The van der Waals surface area contributed by atoms with Gasteiger partial charge in [0.25, 0.3) is 0 Å². The number of ether oxygens (including phenoxy) is 1. The summed E-state index contributed by atoms with van der Waals surface area (Å²) in [6.45, 7) is 4.63. The molecule has 2 fully saturated rings. The van der Waals surface area contributed by atoms with E-state index in [0.717, 1.165) is 13.0 Å². The van der Waals surface area contributed by atoms with Crippen LogP contribution in [0, 0.1) is 5.92 Å². The van der Waals surface area contributed by atoms with Crippen LogP contribution in [0.1, 0.15) is 51.9 Å². The van der Waals surface area contributed by atoms with Gasteiger partial charge >= 0.3 is 0 Å². The van der Waals surface area contributed by atoms with Crippen LogP contribution >= 0.6 is 12.4 Å². The summed E-state index contributed by atoms with van der Waals surface area (Å²) in [5.74, 6) is 0.826. The van der Waals surface area contributed by atoms with Crippen molar-refractivity contribution in [3.8, 4) is 0 Å². The molecule has 2 aliphatic rings. The fourth-order valence-electron chi connectivity index (χ4n) is 3.16. The molecule has 1 aliphatic heterocycles. The van der Waals surface area contributed by atoms with Gasteiger partial charge in [-0.15, -0.1) is 12.4 Å². The summed E-state index contributed by atoms with van der Waals surface area (Å²) in [4.78, 5) is 11.7. The van der Waals surface area contributed by atoms with E-state index in [-0.39, 0.29) is 18.3 Å². The molecule has 2 N–H and O–H groups in total. The molecule has 0 spiro atoms. The number of carbonyl (C=O) groups is 1. The minimum absolute atomic E-state index is 0. The summed E-state index contributed by atoms with van der Waals surface area (Å²) in [6.07, 6.45) is 8.43. The third-order valence-corrected chi connectivity index (χ3v) is 4.38. The Balaban J connectivity index is 0.00000200. The van der Waals surface area contributed by atoms with Crippen molar-refractivity contribution in [2.75, 3.05) is 19.7 Å². The monoisotopic (exact) mass is 304 g/mol. The number of amides is 1. The lowest BCUT2D eigenvalue weighted by atomic mass is 9.88. The van der Waals surface area contributed by atoms with Crippen LogP contribution in [0.3, 0.4) is 0 Å². The van der Waals surface area contributed by atoms with E-state index in [1.54, 1.807) is 0 Å². The van der Waals surface area contributed by atoms with Gasteiger partial charge in [-0.1, -0.05) is 19.8 Å². The second kappa shape index (κ2) is 9.59. The number of carbonyl (C=O) groups excluding carboxylic acids is 1. The van der Waals surface area contributed by atoms with Crippen LogP contribution in [-0.2, 0) is 9.53 Å². The number of halogens is 1. The maximum atomic E-state index is 11.7. The number of rotatable bonds is 6. The Morgan fingerprint density at radius 1 is 1.25 bits per heavy atom. The Bertz CT molecular complexity index is 283. The van der Waals surface area contributed by atoms with Gasteiger partial charge in [0.1, 0.15) is 0 Å². The molecular formula is C15H29ClN2O2. The predicted octanol–water partition coefficient (Wildman–Crippen LogP) is 2.26. The number of hydrogen-bond donors (Lipinski definition) is 2. The third kappa shape index (κ3) is 5.98. The fourth-order valence-corrected chi connectivity index (χ4v) is 3.16. The smallest absolute Gasteiger partial charge is 0.221 e. The second-order valence-corrected chi connectivity index (χ2v) is 6.02. The van der Waals surface area contributed by atoms with Crippen LogP contribution in [-0.4, -0.2) is 37.7 Å². The number of hydrogen-bond acceptors (Lipinski definition) is 3. The van der Waals surface area contributed by atoms with Gasteiger partial charge in [-0.2, -0.15) is 0 Å². The maximum Gasteiger partial charge on any atom is 0.221 e. The lowest BCUT2D eigenvalue weighted by Crippen LogP contribution is -2.35. The van der Waals surface area contributed by atoms with Gasteiger partial charge in [-0.3, -0.25) is 4.79 Å². The zero-order chi connectivity index (χ0) is 13.5. The van der Waals surface area contributed by atoms with Crippen LogP contribution in [0.4, 0.5) is 0 Å². The molecule has 5 heteroatoms. The summed E-state index contributed by atoms with van der Waals surface area (Å²) >= 11 is 0. The molecule has 20 heavy (non-hydrogen) atoms. The van der Waals surface area contributed by atoms with Crippen molar-refractivity contribution in [2.45, 2.75) is 64.0 Å². The van der Waals surface area contributed by atoms with Crippen molar-refractivity contribution >= 4 is 18.3 Å². The van der Waals surface area contributed by atoms with Crippen molar-refractivity contribution in [3.05, 3.63) is 0 Å². The van der Waals surface area contributed by atoms with E-state index in [9.17, 15) is 4.79 Å². The van der Waals surface area contributed by atoms with Crippen molar-refractivity contribution < 1.29 is 9.53 Å². The zero-order valence-corrected chi connectivity index (χ0v) is 13.3. The molecule has 0 bridgehead atoms. The van der Waals surface area contributed by atoms with E-state index >= 15 is 0 Å². The molecule has 1 amide bonds. The highest BCUT2D eigenvalue weighted by atomic mass is 35.5. The van der Waals surface area contributed by atoms with E-state index in [2.05, 4.69) is 17.6 Å². The number of nitrogens with one attached hydrogen (secondary N) is 2.